The molecule has 0 fully saturated rings. The highest BCUT2D eigenvalue weighted by molar-refractivity contribution is 5.77. The Labute approximate surface area is 138 Å². The van der Waals surface area contributed by atoms with Crippen molar-refractivity contribution < 1.29 is 0 Å². The molecule has 2 aromatic rings. The van der Waals surface area contributed by atoms with Crippen LogP contribution in [-0.4, -0.2) is 24.0 Å². The number of nitrogens with zero attached hydrogens (tertiary/aromatic N) is 2. The van der Waals surface area contributed by atoms with Crippen molar-refractivity contribution in [2.75, 3.05) is 13.1 Å². The van der Waals surface area contributed by atoms with E-state index >= 15 is 0 Å². The molecule has 1 aromatic heterocycles. The molecular formula is C19H26N4. The van der Waals surface area contributed by atoms with Crippen molar-refractivity contribution in [2.24, 2.45) is 16.6 Å². The molecule has 4 heteroatoms. The van der Waals surface area contributed by atoms with Crippen LogP contribution in [0.3, 0.4) is 0 Å². The highest BCUT2D eigenvalue weighted by atomic mass is 15.1. The topological polar surface area (TPSA) is 63.3 Å². The number of benzene rings is 1. The highest BCUT2D eigenvalue weighted by Crippen LogP contribution is 2.24. The Hall–Kier alpha value is -2.36. The van der Waals surface area contributed by atoms with Crippen LogP contribution in [0.1, 0.15) is 31.0 Å². The van der Waals surface area contributed by atoms with Crippen LogP contribution in [0.15, 0.2) is 59.7 Å². The zero-order valence-electron chi connectivity index (χ0n) is 13.9. The third-order valence-corrected chi connectivity index (χ3v) is 3.90. The third-order valence-electron chi connectivity index (χ3n) is 3.90. The SMILES string of the molecule is CC(C)C(CN=C(N)NCCc1ccccn1)c1ccccc1. The number of nitrogens with one attached hydrogen (secondary N) is 1. The van der Waals surface area contributed by atoms with E-state index in [0.29, 0.717) is 24.3 Å². The summed E-state index contributed by atoms with van der Waals surface area (Å²) < 4.78 is 0. The number of rotatable bonds is 7. The fourth-order valence-electron chi connectivity index (χ4n) is 2.52. The summed E-state index contributed by atoms with van der Waals surface area (Å²) in [6.45, 7) is 5.88. The van der Waals surface area contributed by atoms with Gasteiger partial charge in [0.1, 0.15) is 0 Å². The van der Waals surface area contributed by atoms with Gasteiger partial charge in [-0.1, -0.05) is 50.2 Å². The smallest absolute Gasteiger partial charge is 0.188 e. The molecule has 0 aliphatic rings. The van der Waals surface area contributed by atoms with Gasteiger partial charge in [0.25, 0.3) is 0 Å². The summed E-state index contributed by atoms with van der Waals surface area (Å²) >= 11 is 0. The molecule has 0 radical (unpaired) electrons. The first kappa shape index (κ1) is 17.0. The molecule has 122 valence electrons. The fourth-order valence-corrected chi connectivity index (χ4v) is 2.52. The van der Waals surface area contributed by atoms with Gasteiger partial charge in [0.2, 0.25) is 0 Å². The third kappa shape index (κ3) is 5.74. The van der Waals surface area contributed by atoms with Crippen LogP contribution in [0.4, 0.5) is 0 Å². The van der Waals surface area contributed by atoms with Gasteiger partial charge in [-0.05, 0) is 23.6 Å². The van der Waals surface area contributed by atoms with E-state index in [-0.39, 0.29) is 0 Å². The number of hydrogen-bond acceptors (Lipinski definition) is 2. The maximum atomic E-state index is 5.98. The van der Waals surface area contributed by atoms with E-state index in [4.69, 9.17) is 5.73 Å². The molecule has 23 heavy (non-hydrogen) atoms. The molecular weight excluding hydrogens is 284 g/mol. The van der Waals surface area contributed by atoms with Crippen molar-refractivity contribution in [3.8, 4) is 0 Å². The molecule has 0 aliphatic heterocycles. The lowest BCUT2D eigenvalue weighted by Gasteiger charge is -2.19. The minimum absolute atomic E-state index is 0.382. The van der Waals surface area contributed by atoms with Crippen molar-refractivity contribution >= 4 is 5.96 Å². The first-order valence-corrected chi connectivity index (χ1v) is 8.15. The summed E-state index contributed by atoms with van der Waals surface area (Å²) in [5.41, 5.74) is 8.35. The zero-order valence-corrected chi connectivity index (χ0v) is 13.9. The molecule has 0 saturated heterocycles. The summed E-state index contributed by atoms with van der Waals surface area (Å²) in [6, 6.07) is 16.4. The monoisotopic (exact) mass is 310 g/mol. The Kier molecular flexibility index (Phi) is 6.60. The molecule has 0 amide bonds. The van der Waals surface area contributed by atoms with E-state index in [9.17, 15) is 0 Å². The summed E-state index contributed by atoms with van der Waals surface area (Å²) in [4.78, 5) is 8.81. The van der Waals surface area contributed by atoms with Crippen LogP contribution >= 0.6 is 0 Å². The minimum Gasteiger partial charge on any atom is -0.370 e. The average Bonchev–Trinajstić information content (AvgIpc) is 2.57. The maximum absolute atomic E-state index is 5.98. The summed E-state index contributed by atoms with van der Waals surface area (Å²) in [5.74, 6) is 1.40. The molecule has 1 atom stereocenters. The van der Waals surface area contributed by atoms with Gasteiger partial charge in [-0.15, -0.1) is 0 Å². The quantitative estimate of drug-likeness (QED) is 0.610. The standard InChI is InChI=1S/C19H26N4/c1-15(2)18(16-8-4-3-5-9-16)14-23-19(20)22-13-11-17-10-6-7-12-21-17/h3-10,12,15,18H,11,13-14H2,1-2H3,(H3,20,22,23). The Balaban J connectivity index is 1.84. The average molecular weight is 310 g/mol. The lowest BCUT2D eigenvalue weighted by molar-refractivity contribution is 0.506. The van der Waals surface area contributed by atoms with Crippen molar-refractivity contribution in [3.63, 3.8) is 0 Å². The molecule has 1 aromatic carbocycles. The lowest BCUT2D eigenvalue weighted by Crippen LogP contribution is -2.34. The van der Waals surface area contributed by atoms with Crippen LogP contribution < -0.4 is 11.1 Å². The molecule has 3 N–H and O–H groups in total. The minimum atomic E-state index is 0.382. The molecule has 2 rings (SSSR count). The molecule has 1 heterocycles. The van der Waals surface area contributed by atoms with Crippen molar-refractivity contribution in [3.05, 3.63) is 66.0 Å². The second kappa shape index (κ2) is 8.93. The van der Waals surface area contributed by atoms with Crippen LogP contribution in [0, 0.1) is 5.92 Å². The van der Waals surface area contributed by atoms with Gasteiger partial charge in [0.05, 0.1) is 0 Å². The van der Waals surface area contributed by atoms with Crippen LogP contribution in [0.2, 0.25) is 0 Å². The number of nitrogens with two attached hydrogens (primary N) is 1. The Morgan fingerprint density at radius 2 is 1.87 bits per heavy atom. The zero-order chi connectivity index (χ0) is 16.5. The Bertz CT molecular complexity index is 593. The Morgan fingerprint density at radius 3 is 2.52 bits per heavy atom. The van der Waals surface area contributed by atoms with Crippen LogP contribution in [-0.2, 0) is 6.42 Å². The second-order valence-corrected chi connectivity index (χ2v) is 5.98. The van der Waals surface area contributed by atoms with E-state index in [1.807, 2.05) is 24.3 Å². The van der Waals surface area contributed by atoms with Crippen molar-refractivity contribution in [1.29, 1.82) is 0 Å². The molecule has 0 spiro atoms. The van der Waals surface area contributed by atoms with E-state index < -0.39 is 0 Å². The second-order valence-electron chi connectivity index (χ2n) is 5.98. The Morgan fingerprint density at radius 1 is 1.13 bits per heavy atom. The van der Waals surface area contributed by atoms with Gasteiger partial charge >= 0.3 is 0 Å². The molecule has 1 unspecified atom stereocenters. The number of aliphatic imine (C=N–C) groups is 1. The van der Waals surface area contributed by atoms with E-state index in [0.717, 1.165) is 18.7 Å². The summed E-state index contributed by atoms with van der Waals surface area (Å²) in [6.07, 6.45) is 2.64. The van der Waals surface area contributed by atoms with Gasteiger partial charge in [-0.2, -0.15) is 0 Å². The van der Waals surface area contributed by atoms with Gasteiger partial charge < -0.3 is 11.1 Å². The summed E-state index contributed by atoms with van der Waals surface area (Å²) in [7, 11) is 0. The van der Waals surface area contributed by atoms with Crippen LogP contribution in [0.5, 0.6) is 0 Å². The maximum Gasteiger partial charge on any atom is 0.188 e. The van der Waals surface area contributed by atoms with Gasteiger partial charge in [0, 0.05) is 37.3 Å². The van der Waals surface area contributed by atoms with Crippen LogP contribution in [0.25, 0.3) is 0 Å². The van der Waals surface area contributed by atoms with Gasteiger partial charge in [-0.3, -0.25) is 9.98 Å². The van der Waals surface area contributed by atoms with Gasteiger partial charge in [0.15, 0.2) is 5.96 Å². The highest BCUT2D eigenvalue weighted by Gasteiger charge is 2.15. The predicted octanol–water partition coefficient (Wildman–Crippen LogP) is 2.97. The van der Waals surface area contributed by atoms with Gasteiger partial charge in [-0.25, -0.2) is 0 Å². The normalized spacial score (nSPS) is 13.1. The number of aromatic nitrogens is 1. The summed E-state index contributed by atoms with van der Waals surface area (Å²) in [5, 5.41) is 3.16. The van der Waals surface area contributed by atoms with Crippen molar-refractivity contribution in [1.82, 2.24) is 10.3 Å². The first-order chi connectivity index (χ1) is 11.2. The number of hydrogen-bond donors (Lipinski definition) is 2. The molecule has 0 aliphatic carbocycles. The molecule has 0 saturated carbocycles. The predicted molar refractivity (Wildman–Crippen MR) is 96.5 cm³/mol. The lowest BCUT2D eigenvalue weighted by atomic mass is 9.88. The first-order valence-electron chi connectivity index (χ1n) is 8.15. The van der Waals surface area contributed by atoms with E-state index in [1.54, 1.807) is 6.20 Å². The van der Waals surface area contributed by atoms with Crippen molar-refractivity contribution in [2.45, 2.75) is 26.2 Å². The number of pyridine rings is 1. The van der Waals surface area contributed by atoms with E-state index in [2.05, 4.69) is 53.4 Å². The van der Waals surface area contributed by atoms with E-state index in [1.165, 1.54) is 5.56 Å². The fraction of sp³-hybridized carbons (Fsp3) is 0.368. The molecule has 0 bridgehead atoms. The largest absolute Gasteiger partial charge is 0.370 e. The number of guanidine groups is 1. The molecule has 4 nitrogen and oxygen atoms in total.